The van der Waals surface area contributed by atoms with E-state index < -0.39 is 49.5 Å². The lowest BCUT2D eigenvalue weighted by atomic mass is 10.0. The van der Waals surface area contributed by atoms with Crippen molar-refractivity contribution in [2.24, 2.45) is 0 Å². The van der Waals surface area contributed by atoms with E-state index in [4.69, 9.17) is 9.84 Å². The molecule has 0 aromatic heterocycles. The third kappa shape index (κ3) is 4.92. The van der Waals surface area contributed by atoms with Crippen LogP contribution in [0.2, 0.25) is 0 Å². The second kappa shape index (κ2) is 7.83. The van der Waals surface area contributed by atoms with Gasteiger partial charge >= 0.3 is 23.9 Å². The zero-order chi connectivity index (χ0) is 19.3. The number of Topliss-reactive ketones (excluding diaryl/α,β-unsaturated/α-hetero) is 1. The molecule has 0 saturated heterocycles. The van der Waals surface area contributed by atoms with Gasteiger partial charge < -0.3 is 14.6 Å². The molecule has 1 aromatic rings. The number of hydrogen-bond acceptors (Lipinski definition) is 5. The molecule has 0 bridgehead atoms. The molecule has 0 aliphatic carbocycles. The molecule has 140 valence electrons. The summed E-state index contributed by atoms with van der Waals surface area (Å²) in [5, 5.41) is 8.73. The smallest absolute Gasteiger partial charge is 0.437 e. The quantitative estimate of drug-likeness (QED) is 0.343. The van der Waals surface area contributed by atoms with Crippen LogP contribution < -0.4 is 0 Å². The number of carbonyl (C=O) groups is 2. The summed E-state index contributed by atoms with van der Waals surface area (Å²) >= 11 is 0. The van der Waals surface area contributed by atoms with Gasteiger partial charge in [0.1, 0.15) is 13.2 Å². The average Bonchev–Trinajstić information content (AvgIpc) is 2.52. The number of halogens is 6. The summed E-state index contributed by atoms with van der Waals surface area (Å²) in [5.74, 6) is -3.42. The van der Waals surface area contributed by atoms with E-state index in [1.165, 1.54) is 12.1 Å². The van der Waals surface area contributed by atoms with Crippen molar-refractivity contribution < 1.29 is 50.5 Å². The van der Waals surface area contributed by atoms with Gasteiger partial charge in [-0.05, 0) is 0 Å². The molecule has 0 atom stereocenters. The first-order valence-electron chi connectivity index (χ1n) is 6.60. The summed E-state index contributed by atoms with van der Waals surface area (Å²) in [6.07, 6.45) is -12.6. The van der Waals surface area contributed by atoms with Crippen LogP contribution in [-0.2, 0) is 14.3 Å². The van der Waals surface area contributed by atoms with Crippen LogP contribution in [0, 0.1) is 0 Å². The minimum atomic E-state index is -6.31. The molecule has 1 aromatic carbocycles. The molecule has 5 nitrogen and oxygen atoms in total. The van der Waals surface area contributed by atoms with Crippen molar-refractivity contribution in [2.75, 3.05) is 19.8 Å². The van der Waals surface area contributed by atoms with Crippen molar-refractivity contribution in [3.8, 4) is 0 Å². The summed E-state index contributed by atoms with van der Waals surface area (Å²) in [5.41, 5.74) is -5.36. The van der Waals surface area contributed by atoms with Gasteiger partial charge in [0.2, 0.25) is 0 Å². The molecule has 0 amide bonds. The van der Waals surface area contributed by atoms with Gasteiger partial charge in [-0.25, -0.2) is 4.79 Å². The minimum Gasteiger partial charge on any atom is -0.461 e. The van der Waals surface area contributed by atoms with Crippen molar-refractivity contribution in [1.82, 2.24) is 0 Å². The van der Waals surface area contributed by atoms with Gasteiger partial charge in [0.15, 0.2) is 5.78 Å². The monoisotopic (exact) mass is 374 g/mol. The van der Waals surface area contributed by atoms with Crippen LogP contribution in [0.25, 0.3) is 0 Å². The van der Waals surface area contributed by atoms with E-state index in [0.717, 1.165) is 0 Å². The summed E-state index contributed by atoms with van der Waals surface area (Å²) in [4.78, 5) is 22.6. The Morgan fingerprint density at radius 1 is 0.920 bits per heavy atom. The maximum atomic E-state index is 12.4. The Bertz CT molecular complexity index is 582. The van der Waals surface area contributed by atoms with Crippen LogP contribution >= 0.6 is 0 Å². The van der Waals surface area contributed by atoms with Crippen molar-refractivity contribution >= 4 is 11.8 Å². The summed E-state index contributed by atoms with van der Waals surface area (Å²) in [6.45, 7) is -2.18. The Labute approximate surface area is 137 Å². The Balaban J connectivity index is 2.50. The molecule has 0 spiro atoms. The van der Waals surface area contributed by atoms with E-state index in [2.05, 4.69) is 4.74 Å². The van der Waals surface area contributed by atoms with Crippen molar-refractivity contribution in [1.29, 1.82) is 0 Å². The summed E-state index contributed by atoms with van der Waals surface area (Å²) < 4.78 is 82.7. The molecule has 1 rings (SSSR count). The Morgan fingerprint density at radius 2 is 1.44 bits per heavy atom. The molecule has 0 saturated carbocycles. The van der Waals surface area contributed by atoms with Gasteiger partial charge in [0, 0.05) is 5.56 Å². The highest BCUT2D eigenvalue weighted by Crippen LogP contribution is 2.43. The fourth-order valence-corrected chi connectivity index (χ4v) is 1.56. The molecule has 0 heterocycles. The molecule has 11 heteroatoms. The van der Waals surface area contributed by atoms with Crippen molar-refractivity contribution in [3.63, 3.8) is 0 Å². The topological polar surface area (TPSA) is 72.8 Å². The van der Waals surface area contributed by atoms with E-state index in [-0.39, 0.29) is 5.56 Å². The number of alkyl halides is 6. The lowest BCUT2D eigenvalue weighted by Crippen LogP contribution is -2.63. The van der Waals surface area contributed by atoms with Gasteiger partial charge in [-0.1, -0.05) is 30.3 Å². The first-order chi connectivity index (χ1) is 11.4. The van der Waals surface area contributed by atoms with E-state index in [9.17, 15) is 35.9 Å². The number of ether oxygens (including phenoxy) is 2. The molecule has 0 aliphatic rings. The molecular formula is C14H12F6O5. The highest BCUT2D eigenvalue weighted by Gasteiger charge is 2.76. The Morgan fingerprint density at radius 3 is 1.92 bits per heavy atom. The van der Waals surface area contributed by atoms with Crippen LogP contribution in [0.5, 0.6) is 0 Å². The number of benzene rings is 1. The van der Waals surface area contributed by atoms with Crippen LogP contribution in [-0.4, -0.2) is 54.6 Å². The van der Waals surface area contributed by atoms with Crippen LogP contribution in [0.1, 0.15) is 10.4 Å². The van der Waals surface area contributed by atoms with E-state index in [1.807, 2.05) is 0 Å². The van der Waals surface area contributed by atoms with Gasteiger partial charge in [-0.15, -0.1) is 0 Å². The third-order valence-electron chi connectivity index (χ3n) is 2.91. The number of ketones is 1. The van der Waals surface area contributed by atoms with Gasteiger partial charge in [0.25, 0.3) is 0 Å². The largest absolute Gasteiger partial charge is 0.461 e. The van der Waals surface area contributed by atoms with Gasteiger partial charge in [-0.3, -0.25) is 4.79 Å². The second-order valence-corrected chi connectivity index (χ2v) is 4.68. The zero-order valence-corrected chi connectivity index (χ0v) is 12.4. The van der Waals surface area contributed by atoms with Gasteiger partial charge in [-0.2, -0.15) is 26.3 Å². The standard InChI is InChI=1S/C14H12F6O5/c15-13(16,17)12(23,14(18,19)20)11(22)25-7-6-24-8-10(21)9-4-2-1-3-5-9/h1-5,23H,6-8H2. The second-order valence-electron chi connectivity index (χ2n) is 4.68. The maximum Gasteiger partial charge on any atom is 0.437 e. The van der Waals surface area contributed by atoms with Crippen molar-refractivity contribution in [3.05, 3.63) is 35.9 Å². The van der Waals surface area contributed by atoms with E-state index >= 15 is 0 Å². The lowest BCUT2D eigenvalue weighted by Gasteiger charge is -2.29. The predicted octanol–water partition coefficient (Wildman–Crippen LogP) is 2.28. The highest BCUT2D eigenvalue weighted by atomic mass is 19.4. The summed E-state index contributed by atoms with van der Waals surface area (Å²) in [6, 6.07) is 7.74. The molecule has 0 unspecified atom stereocenters. The van der Waals surface area contributed by atoms with Crippen molar-refractivity contribution in [2.45, 2.75) is 18.0 Å². The zero-order valence-electron chi connectivity index (χ0n) is 12.4. The molecule has 0 radical (unpaired) electrons. The predicted molar refractivity (Wildman–Crippen MR) is 69.6 cm³/mol. The number of rotatable bonds is 7. The van der Waals surface area contributed by atoms with Crippen LogP contribution in [0.15, 0.2) is 30.3 Å². The number of hydrogen-bond donors (Lipinski definition) is 1. The minimum absolute atomic E-state index is 0.281. The SMILES string of the molecule is O=C(COCCOC(=O)C(O)(C(F)(F)F)C(F)(F)F)c1ccccc1. The molecule has 25 heavy (non-hydrogen) atoms. The average molecular weight is 374 g/mol. The maximum absolute atomic E-state index is 12.4. The number of carbonyl (C=O) groups excluding carboxylic acids is 2. The van der Waals surface area contributed by atoms with E-state index in [0.29, 0.717) is 0 Å². The van der Waals surface area contributed by atoms with E-state index in [1.54, 1.807) is 18.2 Å². The molecular weight excluding hydrogens is 362 g/mol. The first-order valence-corrected chi connectivity index (χ1v) is 6.60. The molecule has 0 aliphatic heterocycles. The third-order valence-corrected chi connectivity index (χ3v) is 2.91. The fraction of sp³-hybridized carbons (Fsp3) is 0.429. The van der Waals surface area contributed by atoms with Gasteiger partial charge in [0.05, 0.1) is 6.61 Å². The Hall–Kier alpha value is -2.14. The van der Waals surface area contributed by atoms with Crippen LogP contribution in [0.3, 0.4) is 0 Å². The number of aliphatic hydroxyl groups is 1. The first kappa shape index (κ1) is 20.9. The normalized spacial score (nSPS) is 12.8. The molecule has 0 fully saturated rings. The van der Waals surface area contributed by atoms with Crippen LogP contribution in [0.4, 0.5) is 26.3 Å². The highest BCUT2D eigenvalue weighted by molar-refractivity contribution is 5.96. The number of esters is 1. The Kier molecular flexibility index (Phi) is 6.54. The summed E-state index contributed by atoms with van der Waals surface area (Å²) in [7, 11) is 0. The molecule has 1 N–H and O–H groups in total. The fourth-order valence-electron chi connectivity index (χ4n) is 1.56. The lowest BCUT2D eigenvalue weighted by molar-refractivity contribution is -0.357.